The molecule has 1 aromatic carbocycles. The molecule has 0 saturated heterocycles. The SMILES string of the molecule is C=CCNc1nc(C(=O)OCC(=O)NC[C@@H]2COc3ccccc3O2)cs1. The van der Waals surface area contributed by atoms with Gasteiger partial charge in [0.1, 0.15) is 12.7 Å². The second-order valence-electron chi connectivity index (χ2n) is 5.59. The van der Waals surface area contributed by atoms with Crippen molar-refractivity contribution in [2.45, 2.75) is 6.10 Å². The molecule has 2 aromatic rings. The number of carbonyl (C=O) groups is 2. The zero-order valence-electron chi connectivity index (χ0n) is 14.5. The quantitative estimate of drug-likeness (QED) is 0.525. The van der Waals surface area contributed by atoms with E-state index in [1.54, 1.807) is 17.5 Å². The lowest BCUT2D eigenvalue weighted by atomic mass is 10.2. The van der Waals surface area contributed by atoms with Gasteiger partial charge in [0, 0.05) is 11.9 Å². The Balaban J connectivity index is 1.39. The van der Waals surface area contributed by atoms with Gasteiger partial charge in [0.05, 0.1) is 6.54 Å². The summed E-state index contributed by atoms with van der Waals surface area (Å²) in [5, 5.41) is 7.79. The maximum atomic E-state index is 11.9. The van der Waals surface area contributed by atoms with Crippen molar-refractivity contribution in [1.29, 1.82) is 0 Å². The summed E-state index contributed by atoms with van der Waals surface area (Å²) in [5.41, 5.74) is 0.153. The highest BCUT2D eigenvalue weighted by atomic mass is 32.1. The first-order valence-electron chi connectivity index (χ1n) is 8.28. The minimum atomic E-state index is -0.653. The summed E-state index contributed by atoms with van der Waals surface area (Å²) in [6.45, 7) is 4.32. The van der Waals surface area contributed by atoms with Crippen LogP contribution in [-0.2, 0) is 9.53 Å². The molecule has 1 aromatic heterocycles. The van der Waals surface area contributed by atoms with E-state index in [1.165, 1.54) is 11.3 Å². The largest absolute Gasteiger partial charge is 0.486 e. The Morgan fingerprint density at radius 2 is 2.19 bits per heavy atom. The first-order valence-corrected chi connectivity index (χ1v) is 9.16. The number of ether oxygens (including phenoxy) is 3. The number of hydrogen-bond donors (Lipinski definition) is 2. The van der Waals surface area contributed by atoms with Crippen LogP contribution in [0.4, 0.5) is 5.13 Å². The monoisotopic (exact) mass is 389 g/mol. The Morgan fingerprint density at radius 1 is 1.37 bits per heavy atom. The number of para-hydroxylation sites is 2. The van der Waals surface area contributed by atoms with Crippen LogP contribution in [0.3, 0.4) is 0 Å². The van der Waals surface area contributed by atoms with Crippen molar-refractivity contribution >= 4 is 28.3 Å². The number of fused-ring (bicyclic) bond motifs is 1. The maximum absolute atomic E-state index is 11.9. The second kappa shape index (κ2) is 9.04. The van der Waals surface area contributed by atoms with Gasteiger partial charge in [-0.2, -0.15) is 0 Å². The molecule has 0 fully saturated rings. The zero-order chi connectivity index (χ0) is 19.1. The second-order valence-corrected chi connectivity index (χ2v) is 6.44. The molecule has 0 bridgehead atoms. The lowest BCUT2D eigenvalue weighted by molar-refractivity contribution is -0.124. The first kappa shape index (κ1) is 18.7. The topological polar surface area (TPSA) is 98.8 Å². The highest BCUT2D eigenvalue weighted by molar-refractivity contribution is 7.13. The van der Waals surface area contributed by atoms with Crippen molar-refractivity contribution in [1.82, 2.24) is 10.3 Å². The Morgan fingerprint density at radius 3 is 3.00 bits per heavy atom. The molecule has 9 heteroatoms. The molecule has 8 nitrogen and oxygen atoms in total. The van der Waals surface area contributed by atoms with Crippen LogP contribution in [0.1, 0.15) is 10.5 Å². The molecule has 27 heavy (non-hydrogen) atoms. The van der Waals surface area contributed by atoms with Gasteiger partial charge in [-0.15, -0.1) is 17.9 Å². The molecule has 1 aliphatic heterocycles. The van der Waals surface area contributed by atoms with Crippen molar-refractivity contribution in [3.63, 3.8) is 0 Å². The Kier molecular flexibility index (Phi) is 6.26. The standard InChI is InChI=1S/C18H19N3O5S/c1-2-7-19-18-21-13(11-27-18)17(23)25-10-16(22)20-8-12-9-24-14-5-3-4-6-15(14)26-12/h2-6,11-12H,1,7-10H2,(H,19,21)(H,20,22)/t12-/m1/s1. The summed E-state index contributed by atoms with van der Waals surface area (Å²) in [5.74, 6) is 0.239. The molecule has 1 atom stereocenters. The third-order valence-electron chi connectivity index (χ3n) is 3.54. The third-order valence-corrected chi connectivity index (χ3v) is 4.34. The number of anilines is 1. The van der Waals surface area contributed by atoms with E-state index in [1.807, 2.05) is 18.2 Å². The van der Waals surface area contributed by atoms with E-state index in [2.05, 4.69) is 22.2 Å². The average Bonchev–Trinajstić information content (AvgIpc) is 3.17. The highest BCUT2D eigenvalue weighted by Gasteiger charge is 2.21. The molecule has 1 amide bonds. The minimum Gasteiger partial charge on any atom is -0.486 e. The molecule has 0 saturated carbocycles. The summed E-state index contributed by atoms with van der Waals surface area (Å²) < 4.78 is 16.3. The van der Waals surface area contributed by atoms with Crippen molar-refractivity contribution in [3.05, 3.63) is 48.0 Å². The van der Waals surface area contributed by atoms with Crippen molar-refractivity contribution in [3.8, 4) is 11.5 Å². The van der Waals surface area contributed by atoms with Gasteiger partial charge in [-0.3, -0.25) is 4.79 Å². The molecule has 0 radical (unpaired) electrons. The van der Waals surface area contributed by atoms with Crippen molar-refractivity contribution in [2.24, 2.45) is 0 Å². The number of amides is 1. The minimum absolute atomic E-state index is 0.153. The van der Waals surface area contributed by atoms with Gasteiger partial charge in [0.2, 0.25) is 0 Å². The maximum Gasteiger partial charge on any atom is 0.358 e. The number of carbonyl (C=O) groups excluding carboxylic acids is 2. The van der Waals surface area contributed by atoms with E-state index in [4.69, 9.17) is 14.2 Å². The van der Waals surface area contributed by atoms with Crippen LogP contribution in [0.15, 0.2) is 42.3 Å². The molecule has 1 aliphatic rings. The van der Waals surface area contributed by atoms with Gasteiger partial charge >= 0.3 is 5.97 Å². The fraction of sp³-hybridized carbons (Fsp3) is 0.278. The van der Waals surface area contributed by atoms with Gasteiger partial charge in [0.15, 0.2) is 28.9 Å². The van der Waals surface area contributed by atoms with Crippen LogP contribution >= 0.6 is 11.3 Å². The number of benzene rings is 1. The van der Waals surface area contributed by atoms with Crippen molar-refractivity contribution in [2.75, 3.05) is 31.6 Å². The fourth-order valence-corrected chi connectivity index (χ4v) is 2.95. The van der Waals surface area contributed by atoms with Gasteiger partial charge in [-0.1, -0.05) is 18.2 Å². The third kappa shape index (κ3) is 5.20. The molecule has 142 valence electrons. The van der Waals surface area contributed by atoms with E-state index in [0.29, 0.717) is 29.8 Å². The first-order chi connectivity index (χ1) is 13.2. The Hall–Kier alpha value is -3.07. The number of thiazole rings is 1. The lowest BCUT2D eigenvalue weighted by Crippen LogP contribution is -2.42. The Bertz CT molecular complexity index is 823. The van der Waals surface area contributed by atoms with Crippen LogP contribution in [0, 0.1) is 0 Å². The zero-order valence-corrected chi connectivity index (χ0v) is 15.3. The molecule has 2 heterocycles. The van der Waals surface area contributed by atoms with Gasteiger partial charge in [0.25, 0.3) is 5.91 Å². The molecule has 0 unspecified atom stereocenters. The van der Waals surface area contributed by atoms with Crippen LogP contribution in [0.2, 0.25) is 0 Å². The van der Waals surface area contributed by atoms with Crippen molar-refractivity contribution < 1.29 is 23.8 Å². The van der Waals surface area contributed by atoms with Crippen LogP contribution in [-0.4, -0.2) is 49.3 Å². The van der Waals surface area contributed by atoms with Crippen LogP contribution in [0.5, 0.6) is 11.5 Å². The normalized spacial score (nSPS) is 14.9. The molecule has 3 rings (SSSR count). The number of hydrogen-bond acceptors (Lipinski definition) is 8. The van der Waals surface area contributed by atoms with E-state index in [0.717, 1.165) is 0 Å². The summed E-state index contributed by atoms with van der Waals surface area (Å²) in [6, 6.07) is 7.33. The molecule has 2 N–H and O–H groups in total. The molecule has 0 aliphatic carbocycles. The number of esters is 1. The number of nitrogens with one attached hydrogen (secondary N) is 2. The van der Waals surface area contributed by atoms with Gasteiger partial charge in [-0.05, 0) is 12.1 Å². The van der Waals surface area contributed by atoms with Gasteiger partial charge < -0.3 is 24.8 Å². The predicted molar refractivity (Wildman–Crippen MR) is 100 cm³/mol. The fourth-order valence-electron chi connectivity index (χ4n) is 2.26. The highest BCUT2D eigenvalue weighted by Crippen LogP contribution is 2.30. The number of nitrogens with zero attached hydrogens (tertiary/aromatic N) is 1. The number of aromatic nitrogens is 1. The molecular formula is C18H19N3O5S. The van der Waals surface area contributed by atoms with E-state index in [9.17, 15) is 9.59 Å². The summed E-state index contributed by atoms with van der Waals surface area (Å²) in [7, 11) is 0. The van der Waals surface area contributed by atoms with Crippen LogP contribution in [0.25, 0.3) is 0 Å². The lowest BCUT2D eigenvalue weighted by Gasteiger charge is -2.26. The molecular weight excluding hydrogens is 370 g/mol. The average molecular weight is 389 g/mol. The summed E-state index contributed by atoms with van der Waals surface area (Å²) in [6.07, 6.45) is 1.38. The summed E-state index contributed by atoms with van der Waals surface area (Å²) >= 11 is 1.27. The smallest absolute Gasteiger partial charge is 0.358 e. The van der Waals surface area contributed by atoms with E-state index < -0.39 is 18.5 Å². The Labute approximate surface area is 160 Å². The van der Waals surface area contributed by atoms with Gasteiger partial charge in [-0.25, -0.2) is 9.78 Å². The van der Waals surface area contributed by atoms with E-state index >= 15 is 0 Å². The van der Waals surface area contributed by atoms with E-state index in [-0.39, 0.29) is 18.3 Å². The predicted octanol–water partition coefficient (Wildman–Crippen LogP) is 1.85. The molecule has 0 spiro atoms. The number of rotatable bonds is 8. The van der Waals surface area contributed by atoms with Crippen LogP contribution < -0.4 is 20.1 Å². The summed E-state index contributed by atoms with van der Waals surface area (Å²) in [4.78, 5) is 27.9.